The first kappa shape index (κ1) is 20.2. The van der Waals surface area contributed by atoms with Crippen molar-refractivity contribution < 1.29 is 17.9 Å². The van der Waals surface area contributed by atoms with Crippen molar-refractivity contribution >= 4 is 22.5 Å². The number of fused-ring (bicyclic) bond motifs is 1. The highest BCUT2D eigenvalue weighted by Gasteiger charge is 2.20. The number of aryl methyl sites for hydroxylation is 1. The first-order valence-electron chi connectivity index (χ1n) is 9.15. The summed E-state index contributed by atoms with van der Waals surface area (Å²) in [5, 5.41) is 4.78. The Morgan fingerprint density at radius 2 is 1.77 bits per heavy atom. The van der Waals surface area contributed by atoms with E-state index in [4.69, 9.17) is 16.3 Å². The minimum atomic E-state index is -0.739. The van der Waals surface area contributed by atoms with E-state index in [1.54, 1.807) is 31.2 Å². The first-order chi connectivity index (χ1) is 14.4. The minimum absolute atomic E-state index is 0.0761. The topological polar surface area (TPSA) is 52.8 Å². The van der Waals surface area contributed by atoms with Gasteiger partial charge in [-0.15, -0.1) is 0 Å². The van der Waals surface area contributed by atoms with E-state index in [9.17, 15) is 13.2 Å². The highest BCUT2D eigenvalue weighted by atomic mass is 35.5. The Morgan fingerprint density at radius 3 is 2.43 bits per heavy atom. The van der Waals surface area contributed by atoms with Crippen LogP contribution in [0.1, 0.15) is 18.2 Å². The second-order valence-corrected chi connectivity index (χ2v) is 6.92. The van der Waals surface area contributed by atoms with Gasteiger partial charge in [0.1, 0.15) is 23.1 Å². The molecular formula is C21H16ClF3N4O. The summed E-state index contributed by atoms with van der Waals surface area (Å²) in [5.74, 6) is -1.94. The van der Waals surface area contributed by atoms with E-state index in [1.165, 1.54) is 11.6 Å². The minimum Gasteiger partial charge on any atom is -0.494 e. The van der Waals surface area contributed by atoms with E-state index in [1.807, 2.05) is 0 Å². The molecule has 0 spiro atoms. The third-order valence-electron chi connectivity index (χ3n) is 4.58. The number of para-hydroxylation sites is 1. The number of halogens is 4. The zero-order chi connectivity index (χ0) is 21.4. The van der Waals surface area contributed by atoms with Crippen molar-refractivity contribution in [1.82, 2.24) is 19.7 Å². The fourth-order valence-electron chi connectivity index (χ4n) is 3.17. The predicted octanol–water partition coefficient (Wildman–Crippen LogP) is 5.32. The highest BCUT2D eigenvalue weighted by Crippen LogP contribution is 2.29. The molecule has 4 aromatic rings. The summed E-state index contributed by atoms with van der Waals surface area (Å²) >= 11 is 5.87. The summed E-state index contributed by atoms with van der Waals surface area (Å²) in [6.07, 6.45) is 0. The molecule has 0 aliphatic carbocycles. The molecule has 0 amide bonds. The second kappa shape index (κ2) is 7.95. The number of rotatable bonds is 5. The fraction of sp³-hybridized carbons (Fsp3) is 0.190. The van der Waals surface area contributed by atoms with Crippen LogP contribution in [0.25, 0.3) is 22.4 Å². The van der Waals surface area contributed by atoms with E-state index in [2.05, 4.69) is 15.1 Å². The SMILES string of the molecule is CCOc1cc(F)c(Cn2nc(-c3nc(C)c(F)c(Cl)n3)c3ccccc32)c(F)c1. The van der Waals surface area contributed by atoms with Crippen LogP contribution in [0.3, 0.4) is 0 Å². The number of hydrogen-bond acceptors (Lipinski definition) is 4. The van der Waals surface area contributed by atoms with Crippen molar-refractivity contribution in [2.45, 2.75) is 20.4 Å². The molecule has 2 aromatic carbocycles. The highest BCUT2D eigenvalue weighted by molar-refractivity contribution is 6.29. The quantitative estimate of drug-likeness (QED) is 0.400. The molecule has 0 bridgehead atoms. The van der Waals surface area contributed by atoms with Crippen LogP contribution < -0.4 is 4.74 Å². The van der Waals surface area contributed by atoms with Gasteiger partial charge in [-0.05, 0) is 19.9 Å². The lowest BCUT2D eigenvalue weighted by Crippen LogP contribution is -2.07. The van der Waals surface area contributed by atoms with Gasteiger partial charge in [0.05, 0.1) is 24.4 Å². The number of aromatic nitrogens is 4. The summed E-state index contributed by atoms with van der Waals surface area (Å²) in [7, 11) is 0. The van der Waals surface area contributed by atoms with Gasteiger partial charge in [0, 0.05) is 23.1 Å². The molecule has 2 heterocycles. The largest absolute Gasteiger partial charge is 0.494 e. The van der Waals surface area contributed by atoms with Gasteiger partial charge in [-0.25, -0.2) is 23.1 Å². The number of hydrogen-bond donors (Lipinski definition) is 0. The summed E-state index contributed by atoms with van der Waals surface area (Å²) in [4.78, 5) is 8.11. The van der Waals surface area contributed by atoms with Crippen molar-refractivity contribution in [2.75, 3.05) is 6.61 Å². The second-order valence-electron chi connectivity index (χ2n) is 6.56. The van der Waals surface area contributed by atoms with Crippen LogP contribution in [0.5, 0.6) is 5.75 Å². The van der Waals surface area contributed by atoms with E-state index >= 15 is 0 Å². The molecule has 0 fully saturated rings. The Bertz CT molecular complexity index is 1210. The number of benzene rings is 2. The summed E-state index contributed by atoms with van der Waals surface area (Å²) in [6.45, 7) is 3.33. The molecule has 0 atom stereocenters. The molecule has 0 radical (unpaired) electrons. The zero-order valence-corrected chi connectivity index (χ0v) is 16.8. The van der Waals surface area contributed by atoms with Crippen LogP contribution in [0.15, 0.2) is 36.4 Å². The van der Waals surface area contributed by atoms with Crippen molar-refractivity contribution in [3.05, 3.63) is 70.3 Å². The molecule has 0 saturated carbocycles. The van der Waals surface area contributed by atoms with E-state index in [0.717, 1.165) is 12.1 Å². The maximum absolute atomic E-state index is 14.6. The van der Waals surface area contributed by atoms with Crippen LogP contribution in [0.2, 0.25) is 5.15 Å². The average molecular weight is 433 g/mol. The summed E-state index contributed by atoms with van der Waals surface area (Å²) < 4.78 is 49.6. The Kier molecular flexibility index (Phi) is 5.34. The first-order valence-corrected chi connectivity index (χ1v) is 9.53. The lowest BCUT2D eigenvalue weighted by molar-refractivity contribution is 0.335. The van der Waals surface area contributed by atoms with Gasteiger partial charge >= 0.3 is 0 Å². The van der Waals surface area contributed by atoms with Crippen LogP contribution in [0.4, 0.5) is 13.2 Å². The Morgan fingerprint density at radius 1 is 1.07 bits per heavy atom. The van der Waals surface area contributed by atoms with Gasteiger partial charge in [-0.3, -0.25) is 4.68 Å². The van der Waals surface area contributed by atoms with Crippen molar-refractivity contribution in [3.63, 3.8) is 0 Å². The van der Waals surface area contributed by atoms with Crippen molar-refractivity contribution in [2.24, 2.45) is 0 Å². The van der Waals surface area contributed by atoms with Crippen LogP contribution in [0, 0.1) is 24.4 Å². The van der Waals surface area contributed by atoms with E-state index in [-0.39, 0.29) is 34.5 Å². The van der Waals surface area contributed by atoms with Crippen LogP contribution in [-0.2, 0) is 6.54 Å². The van der Waals surface area contributed by atoms with E-state index < -0.39 is 17.5 Å². The monoisotopic (exact) mass is 432 g/mol. The van der Waals surface area contributed by atoms with Crippen molar-refractivity contribution in [3.8, 4) is 17.3 Å². The average Bonchev–Trinajstić information content (AvgIpc) is 3.07. The zero-order valence-electron chi connectivity index (χ0n) is 16.1. The van der Waals surface area contributed by atoms with Gasteiger partial charge < -0.3 is 4.74 Å². The van der Waals surface area contributed by atoms with Gasteiger partial charge in [0.15, 0.2) is 16.8 Å². The Labute approximate surface area is 175 Å². The number of nitrogens with zero attached hydrogens (tertiary/aromatic N) is 4. The molecule has 154 valence electrons. The summed E-state index contributed by atoms with van der Waals surface area (Å²) in [6, 6.07) is 9.37. The third-order valence-corrected chi connectivity index (χ3v) is 4.83. The lowest BCUT2D eigenvalue weighted by Gasteiger charge is -2.09. The molecule has 0 aliphatic heterocycles. The standard InChI is InChI=1S/C21H16ClF3N4O/c1-3-30-12-8-15(23)14(16(24)9-12)10-29-17-7-5-4-6-13(17)19(28-29)21-26-11(2)18(25)20(22)27-21/h4-9H,3,10H2,1-2H3. The molecule has 0 saturated heterocycles. The maximum Gasteiger partial charge on any atom is 0.182 e. The molecule has 0 N–H and O–H groups in total. The normalized spacial score (nSPS) is 11.3. The molecule has 4 rings (SSSR count). The van der Waals surface area contributed by atoms with Crippen LogP contribution in [-0.4, -0.2) is 26.4 Å². The molecule has 9 heteroatoms. The molecule has 0 aliphatic rings. The Hall–Kier alpha value is -3.13. The number of ether oxygens (including phenoxy) is 1. The lowest BCUT2D eigenvalue weighted by atomic mass is 10.1. The Balaban J connectivity index is 1.83. The van der Waals surface area contributed by atoms with E-state index in [0.29, 0.717) is 23.2 Å². The van der Waals surface area contributed by atoms with Gasteiger partial charge in [-0.2, -0.15) is 5.10 Å². The van der Waals surface area contributed by atoms with Gasteiger partial charge in [-0.1, -0.05) is 29.8 Å². The maximum atomic E-state index is 14.6. The third kappa shape index (κ3) is 3.59. The van der Waals surface area contributed by atoms with Crippen molar-refractivity contribution in [1.29, 1.82) is 0 Å². The van der Waals surface area contributed by atoms with Gasteiger partial charge in [0.2, 0.25) is 0 Å². The molecule has 30 heavy (non-hydrogen) atoms. The molecular weight excluding hydrogens is 417 g/mol. The summed E-state index contributed by atoms with van der Waals surface area (Å²) in [5.41, 5.74) is 0.865. The molecule has 5 nitrogen and oxygen atoms in total. The smallest absolute Gasteiger partial charge is 0.182 e. The fourth-order valence-corrected chi connectivity index (χ4v) is 3.39. The van der Waals surface area contributed by atoms with Crippen LogP contribution >= 0.6 is 11.6 Å². The van der Waals surface area contributed by atoms with Gasteiger partial charge in [0.25, 0.3) is 0 Å². The molecule has 0 unspecified atom stereocenters. The predicted molar refractivity (Wildman–Crippen MR) is 107 cm³/mol. The molecule has 2 aromatic heterocycles.